The van der Waals surface area contributed by atoms with Crippen LogP contribution in [0.25, 0.3) is 0 Å². The first-order chi connectivity index (χ1) is 15.1. The van der Waals surface area contributed by atoms with E-state index in [1.165, 1.54) is 12.1 Å². The molecule has 0 radical (unpaired) electrons. The summed E-state index contributed by atoms with van der Waals surface area (Å²) in [7, 11) is -4.00. The van der Waals surface area contributed by atoms with Crippen LogP contribution in [0.3, 0.4) is 0 Å². The van der Waals surface area contributed by atoms with Crippen molar-refractivity contribution in [2.24, 2.45) is 5.16 Å². The summed E-state index contributed by atoms with van der Waals surface area (Å²) >= 11 is 0. The summed E-state index contributed by atoms with van der Waals surface area (Å²) in [4.78, 5) is 0.0396. The number of rotatable bonds is 6. The smallest absolute Gasteiger partial charge is 0.358 e. The SMILES string of the molecule is N#Cc1c(OCc2ccccc2)ccc2c1CCCC2=NOS(=O)(=O)c1ccccc1. The molecule has 0 unspecified atom stereocenters. The fraction of sp³-hybridized carbons (Fsp3) is 0.167. The molecule has 6 nitrogen and oxygen atoms in total. The average molecular weight is 433 g/mol. The standard InChI is InChI=1S/C24H20N2O4S/c25-16-22-20-12-7-13-23(26-30-31(27,28)19-10-5-2-6-11-19)21(20)14-15-24(22)29-17-18-8-3-1-4-9-18/h1-6,8-11,14-15H,7,12-13,17H2. The van der Waals surface area contributed by atoms with Crippen LogP contribution in [0.5, 0.6) is 5.75 Å². The Bertz CT molecular complexity index is 1250. The maximum atomic E-state index is 12.4. The van der Waals surface area contributed by atoms with Crippen LogP contribution < -0.4 is 4.74 Å². The molecular weight excluding hydrogens is 412 g/mol. The topological polar surface area (TPSA) is 88.8 Å². The highest BCUT2D eigenvalue weighted by atomic mass is 32.2. The second-order valence-corrected chi connectivity index (χ2v) is 8.61. The lowest BCUT2D eigenvalue weighted by molar-refractivity contribution is 0.305. The number of benzene rings is 3. The predicted octanol–water partition coefficient (Wildman–Crippen LogP) is 4.58. The lowest BCUT2D eigenvalue weighted by atomic mass is 9.87. The first-order valence-electron chi connectivity index (χ1n) is 9.87. The largest absolute Gasteiger partial charge is 0.488 e. The third-order valence-electron chi connectivity index (χ3n) is 5.05. The van der Waals surface area contributed by atoms with Crippen molar-refractivity contribution < 1.29 is 17.4 Å². The lowest BCUT2D eigenvalue weighted by Gasteiger charge is -2.20. The van der Waals surface area contributed by atoms with Crippen LogP contribution in [0.1, 0.15) is 35.1 Å². The highest BCUT2D eigenvalue weighted by molar-refractivity contribution is 7.86. The van der Waals surface area contributed by atoms with Crippen LogP contribution in [0.15, 0.2) is 82.8 Å². The number of nitrogens with zero attached hydrogens (tertiary/aromatic N) is 2. The molecule has 31 heavy (non-hydrogen) atoms. The summed E-state index contributed by atoms with van der Waals surface area (Å²) in [6.07, 6.45) is 1.98. The van der Waals surface area contributed by atoms with Gasteiger partial charge in [-0.2, -0.15) is 13.7 Å². The Hall–Kier alpha value is -3.63. The maximum Gasteiger partial charge on any atom is 0.358 e. The van der Waals surface area contributed by atoms with Gasteiger partial charge >= 0.3 is 10.1 Å². The maximum absolute atomic E-state index is 12.4. The van der Waals surface area contributed by atoms with Crippen molar-refractivity contribution in [3.63, 3.8) is 0 Å². The van der Waals surface area contributed by atoms with Crippen LogP contribution in [0.2, 0.25) is 0 Å². The predicted molar refractivity (Wildman–Crippen MR) is 116 cm³/mol. The average Bonchev–Trinajstić information content (AvgIpc) is 2.82. The Morgan fingerprint density at radius 1 is 0.935 bits per heavy atom. The highest BCUT2D eigenvalue weighted by Gasteiger charge is 2.23. The van der Waals surface area contributed by atoms with Crippen molar-refractivity contribution >= 4 is 15.8 Å². The minimum atomic E-state index is -4.00. The normalized spacial score (nSPS) is 14.5. The van der Waals surface area contributed by atoms with E-state index in [0.717, 1.165) is 23.1 Å². The molecule has 0 aromatic heterocycles. The van der Waals surface area contributed by atoms with Crippen molar-refractivity contribution in [2.45, 2.75) is 30.8 Å². The molecule has 3 aromatic carbocycles. The number of nitriles is 1. The lowest BCUT2D eigenvalue weighted by Crippen LogP contribution is -2.16. The molecule has 0 atom stereocenters. The van der Waals surface area contributed by atoms with Gasteiger partial charge in [0.2, 0.25) is 0 Å². The van der Waals surface area contributed by atoms with Crippen molar-refractivity contribution in [2.75, 3.05) is 0 Å². The summed E-state index contributed by atoms with van der Waals surface area (Å²) < 4.78 is 35.6. The van der Waals surface area contributed by atoms with Crippen LogP contribution in [-0.2, 0) is 27.4 Å². The van der Waals surface area contributed by atoms with Crippen LogP contribution in [0.4, 0.5) is 0 Å². The minimum Gasteiger partial charge on any atom is -0.488 e. The van der Waals surface area contributed by atoms with E-state index in [2.05, 4.69) is 11.2 Å². The van der Waals surface area contributed by atoms with E-state index in [0.29, 0.717) is 36.5 Å². The van der Waals surface area contributed by atoms with Gasteiger partial charge in [0.05, 0.1) is 11.3 Å². The molecule has 7 heteroatoms. The van der Waals surface area contributed by atoms with Crippen LogP contribution in [0, 0.1) is 11.3 Å². The molecule has 0 fully saturated rings. The molecule has 1 aliphatic rings. The third kappa shape index (κ3) is 4.60. The van der Waals surface area contributed by atoms with Gasteiger partial charge in [-0.05, 0) is 54.7 Å². The van der Waals surface area contributed by atoms with E-state index in [-0.39, 0.29) is 4.90 Å². The molecule has 0 saturated carbocycles. The Kier molecular flexibility index (Phi) is 6.01. The number of ether oxygens (including phenoxy) is 1. The fourth-order valence-electron chi connectivity index (χ4n) is 3.52. The molecule has 0 saturated heterocycles. The Labute approximate surface area is 181 Å². The van der Waals surface area contributed by atoms with Gasteiger partial charge in [0, 0.05) is 5.56 Å². The van der Waals surface area contributed by atoms with Gasteiger partial charge < -0.3 is 4.74 Å². The van der Waals surface area contributed by atoms with Crippen molar-refractivity contribution in [3.8, 4) is 11.8 Å². The zero-order valence-electron chi connectivity index (χ0n) is 16.7. The molecule has 156 valence electrons. The number of hydrogen-bond acceptors (Lipinski definition) is 6. The molecule has 1 aliphatic carbocycles. The number of hydrogen-bond donors (Lipinski definition) is 0. The van der Waals surface area contributed by atoms with E-state index in [1.807, 2.05) is 36.4 Å². The summed E-state index contributed by atoms with van der Waals surface area (Å²) in [5.41, 5.74) is 3.49. The second kappa shape index (κ2) is 9.02. The molecule has 4 rings (SSSR count). The molecule has 0 N–H and O–H groups in total. The summed E-state index contributed by atoms with van der Waals surface area (Å²) in [6.45, 7) is 0.355. The molecule has 0 amide bonds. The minimum absolute atomic E-state index is 0.0396. The first kappa shape index (κ1) is 20.6. The summed E-state index contributed by atoms with van der Waals surface area (Å²) in [5, 5.41) is 13.7. The summed E-state index contributed by atoms with van der Waals surface area (Å²) in [6, 6.07) is 23.4. The van der Waals surface area contributed by atoms with E-state index < -0.39 is 10.1 Å². The van der Waals surface area contributed by atoms with E-state index in [1.54, 1.807) is 24.3 Å². The van der Waals surface area contributed by atoms with Crippen LogP contribution in [-0.4, -0.2) is 14.1 Å². The molecule has 3 aromatic rings. The fourth-order valence-corrected chi connectivity index (χ4v) is 4.29. The quantitative estimate of drug-likeness (QED) is 0.532. The van der Waals surface area contributed by atoms with Gasteiger partial charge in [-0.1, -0.05) is 53.7 Å². The van der Waals surface area contributed by atoms with Gasteiger partial charge in [0.1, 0.15) is 23.3 Å². The van der Waals surface area contributed by atoms with Gasteiger partial charge in [-0.15, -0.1) is 0 Å². The number of fused-ring (bicyclic) bond motifs is 1. The Morgan fingerprint density at radius 3 is 2.35 bits per heavy atom. The Morgan fingerprint density at radius 2 is 1.65 bits per heavy atom. The number of oxime groups is 1. The van der Waals surface area contributed by atoms with Gasteiger partial charge in [0.25, 0.3) is 0 Å². The van der Waals surface area contributed by atoms with Crippen molar-refractivity contribution in [1.29, 1.82) is 5.26 Å². The third-order valence-corrected chi connectivity index (χ3v) is 6.17. The first-order valence-corrected chi connectivity index (χ1v) is 11.3. The molecule has 0 spiro atoms. The molecule has 0 bridgehead atoms. The zero-order valence-corrected chi connectivity index (χ0v) is 17.5. The van der Waals surface area contributed by atoms with Crippen LogP contribution >= 0.6 is 0 Å². The molecular formula is C24H20N2O4S. The molecule has 0 heterocycles. The highest BCUT2D eigenvalue weighted by Crippen LogP contribution is 2.32. The zero-order chi connectivity index (χ0) is 21.7. The second-order valence-electron chi connectivity index (χ2n) is 7.08. The van der Waals surface area contributed by atoms with Crippen molar-refractivity contribution in [1.82, 2.24) is 0 Å². The summed E-state index contributed by atoms with van der Waals surface area (Å²) in [5.74, 6) is 0.504. The van der Waals surface area contributed by atoms with Gasteiger partial charge in [-0.3, -0.25) is 4.28 Å². The monoisotopic (exact) mass is 432 g/mol. The van der Waals surface area contributed by atoms with Gasteiger partial charge in [0.15, 0.2) is 0 Å². The van der Waals surface area contributed by atoms with E-state index in [4.69, 9.17) is 9.02 Å². The van der Waals surface area contributed by atoms with E-state index >= 15 is 0 Å². The van der Waals surface area contributed by atoms with Gasteiger partial charge in [-0.25, -0.2) is 0 Å². The van der Waals surface area contributed by atoms with Crippen molar-refractivity contribution in [3.05, 3.63) is 95.1 Å². The Balaban J connectivity index is 1.60. The van der Waals surface area contributed by atoms with E-state index in [9.17, 15) is 13.7 Å². The molecule has 0 aliphatic heterocycles.